The second kappa shape index (κ2) is 7.13. The summed E-state index contributed by atoms with van der Waals surface area (Å²) in [7, 11) is 0. The van der Waals surface area contributed by atoms with E-state index in [1.807, 2.05) is 0 Å². The Morgan fingerprint density at radius 2 is 1.74 bits per heavy atom. The van der Waals surface area contributed by atoms with Crippen LogP contribution >= 0.6 is 0 Å². The number of alkyl halides is 2. The quantitative estimate of drug-likeness (QED) is 0.841. The Morgan fingerprint density at radius 3 is 2.35 bits per heavy atom. The first kappa shape index (κ1) is 16.8. The maximum atomic E-state index is 13.1. The Kier molecular flexibility index (Phi) is 5.20. The van der Waals surface area contributed by atoms with E-state index in [-0.39, 0.29) is 11.3 Å². The van der Waals surface area contributed by atoms with Crippen LogP contribution in [0.4, 0.5) is 17.6 Å². The summed E-state index contributed by atoms with van der Waals surface area (Å²) in [4.78, 5) is 12.0. The molecule has 3 nitrogen and oxygen atoms in total. The van der Waals surface area contributed by atoms with Gasteiger partial charge in [-0.15, -0.1) is 0 Å². The molecule has 0 heterocycles. The molecule has 0 bridgehead atoms. The third-order valence-corrected chi connectivity index (χ3v) is 3.06. The smallest absolute Gasteiger partial charge is 0.387 e. The minimum atomic E-state index is -2.95. The molecular formula is C16H13F4NO2. The highest BCUT2D eigenvalue weighted by Gasteiger charge is 2.14. The van der Waals surface area contributed by atoms with E-state index < -0.39 is 30.2 Å². The molecule has 7 heteroatoms. The summed E-state index contributed by atoms with van der Waals surface area (Å²) in [6, 6.07) is 7.70. The molecule has 0 spiro atoms. The monoisotopic (exact) mass is 327 g/mol. The molecule has 0 saturated heterocycles. The molecule has 1 atom stereocenters. The number of halogens is 4. The second-order valence-corrected chi connectivity index (χ2v) is 4.80. The number of rotatable bonds is 5. The Balaban J connectivity index is 2.11. The lowest BCUT2D eigenvalue weighted by Gasteiger charge is -2.15. The molecule has 2 rings (SSSR count). The van der Waals surface area contributed by atoms with Gasteiger partial charge in [0.15, 0.2) is 0 Å². The van der Waals surface area contributed by atoms with Crippen molar-refractivity contribution < 1.29 is 27.1 Å². The third-order valence-electron chi connectivity index (χ3n) is 3.06. The highest BCUT2D eigenvalue weighted by molar-refractivity contribution is 5.94. The van der Waals surface area contributed by atoms with Gasteiger partial charge in [0.05, 0.1) is 6.04 Å². The van der Waals surface area contributed by atoms with Crippen molar-refractivity contribution in [1.82, 2.24) is 5.32 Å². The topological polar surface area (TPSA) is 38.3 Å². The van der Waals surface area contributed by atoms with Gasteiger partial charge in [-0.25, -0.2) is 8.78 Å². The van der Waals surface area contributed by atoms with Crippen LogP contribution in [-0.4, -0.2) is 12.5 Å². The molecule has 2 aromatic rings. The van der Waals surface area contributed by atoms with Crippen LogP contribution in [0.25, 0.3) is 0 Å². The Hall–Kier alpha value is -2.57. The molecule has 23 heavy (non-hydrogen) atoms. The number of amides is 1. The Bertz CT molecular complexity index is 686. The fourth-order valence-electron chi connectivity index (χ4n) is 2.01. The van der Waals surface area contributed by atoms with E-state index >= 15 is 0 Å². The maximum Gasteiger partial charge on any atom is 0.387 e. The van der Waals surface area contributed by atoms with Crippen molar-refractivity contribution in [2.75, 3.05) is 0 Å². The zero-order valence-electron chi connectivity index (χ0n) is 12.0. The molecule has 0 aliphatic carbocycles. The number of ether oxygens (including phenoxy) is 1. The molecule has 1 amide bonds. The van der Waals surface area contributed by atoms with Gasteiger partial charge in [0, 0.05) is 11.6 Å². The summed E-state index contributed by atoms with van der Waals surface area (Å²) in [6.07, 6.45) is 0. The summed E-state index contributed by atoms with van der Waals surface area (Å²) in [5, 5.41) is 2.53. The Labute approximate surface area is 129 Å². The van der Waals surface area contributed by atoms with E-state index in [0.717, 1.165) is 12.1 Å². The summed E-state index contributed by atoms with van der Waals surface area (Å²) < 4.78 is 54.9. The Morgan fingerprint density at radius 1 is 1.09 bits per heavy atom. The predicted octanol–water partition coefficient (Wildman–Crippen LogP) is 4.06. The first-order valence-electron chi connectivity index (χ1n) is 6.67. The fourth-order valence-corrected chi connectivity index (χ4v) is 2.01. The number of nitrogens with one attached hydrogen (secondary N) is 1. The highest BCUT2D eigenvalue weighted by Crippen LogP contribution is 2.21. The van der Waals surface area contributed by atoms with E-state index in [2.05, 4.69) is 10.1 Å². The summed E-state index contributed by atoms with van der Waals surface area (Å²) in [6.45, 7) is -1.35. The molecular weight excluding hydrogens is 314 g/mol. The van der Waals surface area contributed by atoms with E-state index in [1.54, 1.807) is 13.0 Å². The van der Waals surface area contributed by atoms with Crippen molar-refractivity contribution in [3.63, 3.8) is 0 Å². The molecule has 0 fully saturated rings. The van der Waals surface area contributed by atoms with Crippen LogP contribution in [0.15, 0.2) is 42.5 Å². The van der Waals surface area contributed by atoms with E-state index in [4.69, 9.17) is 0 Å². The molecule has 0 aliphatic rings. The zero-order chi connectivity index (χ0) is 17.0. The lowest BCUT2D eigenvalue weighted by Crippen LogP contribution is -2.26. The van der Waals surface area contributed by atoms with Gasteiger partial charge >= 0.3 is 6.61 Å². The van der Waals surface area contributed by atoms with Crippen LogP contribution in [0.2, 0.25) is 0 Å². The minimum absolute atomic E-state index is 0.0459. The largest absolute Gasteiger partial charge is 0.435 e. The van der Waals surface area contributed by atoms with Crippen LogP contribution in [0.5, 0.6) is 5.75 Å². The zero-order valence-corrected chi connectivity index (χ0v) is 12.0. The number of carbonyl (C=O) groups is 1. The number of carbonyl (C=O) groups excluding carboxylic acids is 1. The van der Waals surface area contributed by atoms with E-state index in [9.17, 15) is 22.4 Å². The lowest BCUT2D eigenvalue weighted by molar-refractivity contribution is -0.0499. The standard InChI is InChI=1S/C16H13F4NO2/c1-9(10-3-2-4-14(7-10)23-16(19)20)21-15(22)11-5-12(17)8-13(18)6-11/h2-9,16H,1H3,(H,21,22)/t9-/m0/s1. The summed E-state index contributed by atoms with van der Waals surface area (Å²) >= 11 is 0. The molecule has 0 unspecified atom stereocenters. The van der Waals surface area contributed by atoms with E-state index in [0.29, 0.717) is 11.6 Å². The van der Waals surface area contributed by atoms with Crippen LogP contribution in [0.1, 0.15) is 28.9 Å². The minimum Gasteiger partial charge on any atom is -0.435 e. The first-order valence-corrected chi connectivity index (χ1v) is 6.67. The predicted molar refractivity (Wildman–Crippen MR) is 75.3 cm³/mol. The molecule has 0 radical (unpaired) electrons. The molecule has 0 aliphatic heterocycles. The van der Waals surface area contributed by atoms with Gasteiger partial charge in [-0.1, -0.05) is 12.1 Å². The van der Waals surface area contributed by atoms with E-state index in [1.165, 1.54) is 18.2 Å². The number of benzene rings is 2. The highest BCUT2D eigenvalue weighted by atomic mass is 19.3. The number of hydrogen-bond acceptors (Lipinski definition) is 2. The van der Waals surface area contributed by atoms with Gasteiger partial charge in [0.1, 0.15) is 17.4 Å². The van der Waals surface area contributed by atoms with Gasteiger partial charge < -0.3 is 10.1 Å². The van der Waals surface area contributed by atoms with Gasteiger partial charge in [-0.2, -0.15) is 8.78 Å². The SMILES string of the molecule is C[C@H](NC(=O)c1cc(F)cc(F)c1)c1cccc(OC(F)F)c1. The molecule has 122 valence electrons. The molecule has 1 N–H and O–H groups in total. The van der Waals surface area contributed by atoms with Crippen molar-refractivity contribution in [2.45, 2.75) is 19.6 Å². The van der Waals surface area contributed by atoms with Crippen molar-refractivity contribution in [3.8, 4) is 5.75 Å². The number of hydrogen-bond donors (Lipinski definition) is 1. The second-order valence-electron chi connectivity index (χ2n) is 4.80. The van der Waals surface area contributed by atoms with Gasteiger partial charge in [0.2, 0.25) is 0 Å². The van der Waals surface area contributed by atoms with Crippen molar-refractivity contribution in [1.29, 1.82) is 0 Å². The third kappa shape index (κ3) is 4.70. The van der Waals surface area contributed by atoms with Crippen LogP contribution in [-0.2, 0) is 0 Å². The normalized spacial score (nSPS) is 12.1. The van der Waals surface area contributed by atoms with Crippen LogP contribution < -0.4 is 10.1 Å². The van der Waals surface area contributed by atoms with Crippen molar-refractivity contribution in [2.24, 2.45) is 0 Å². The summed E-state index contributed by atoms with van der Waals surface area (Å²) in [5.74, 6) is -2.46. The van der Waals surface area contributed by atoms with Gasteiger partial charge in [-0.3, -0.25) is 4.79 Å². The summed E-state index contributed by atoms with van der Waals surface area (Å²) in [5.41, 5.74) is 0.336. The lowest BCUT2D eigenvalue weighted by atomic mass is 10.1. The van der Waals surface area contributed by atoms with Gasteiger partial charge in [0.25, 0.3) is 5.91 Å². The first-order chi connectivity index (χ1) is 10.8. The molecule has 0 saturated carbocycles. The fraction of sp³-hybridized carbons (Fsp3) is 0.188. The van der Waals surface area contributed by atoms with Crippen molar-refractivity contribution >= 4 is 5.91 Å². The maximum absolute atomic E-state index is 13.1. The van der Waals surface area contributed by atoms with Gasteiger partial charge in [-0.05, 0) is 36.8 Å². The van der Waals surface area contributed by atoms with Crippen LogP contribution in [0.3, 0.4) is 0 Å². The van der Waals surface area contributed by atoms with Crippen LogP contribution in [0, 0.1) is 11.6 Å². The molecule has 2 aromatic carbocycles. The molecule has 0 aromatic heterocycles. The average molecular weight is 327 g/mol. The average Bonchev–Trinajstić information content (AvgIpc) is 2.45. The van der Waals surface area contributed by atoms with Crippen molar-refractivity contribution in [3.05, 3.63) is 65.2 Å².